The molecule has 110 valence electrons. The predicted molar refractivity (Wildman–Crippen MR) is 68.7 cm³/mol. The zero-order valence-electron chi connectivity index (χ0n) is 11.9. The number of aliphatic carboxylic acids is 1. The van der Waals surface area contributed by atoms with E-state index in [-0.39, 0.29) is 19.1 Å². The van der Waals surface area contributed by atoms with E-state index in [1.54, 1.807) is 13.8 Å². The highest BCUT2D eigenvalue weighted by atomic mass is 16.5. The third-order valence-electron chi connectivity index (χ3n) is 2.77. The molecule has 19 heavy (non-hydrogen) atoms. The topological polar surface area (TPSA) is 87.2 Å². The van der Waals surface area contributed by atoms with Crippen LogP contribution in [0.15, 0.2) is 0 Å². The van der Waals surface area contributed by atoms with E-state index < -0.39 is 17.9 Å². The van der Waals surface area contributed by atoms with Crippen molar-refractivity contribution in [3.63, 3.8) is 0 Å². The Morgan fingerprint density at radius 3 is 2.05 bits per heavy atom. The minimum Gasteiger partial charge on any atom is -0.481 e. The van der Waals surface area contributed by atoms with Gasteiger partial charge in [0.2, 0.25) is 0 Å². The van der Waals surface area contributed by atoms with Crippen LogP contribution in [0.1, 0.15) is 20.8 Å². The Morgan fingerprint density at radius 1 is 1.16 bits per heavy atom. The van der Waals surface area contributed by atoms with E-state index in [9.17, 15) is 14.4 Å². The number of esters is 1. The van der Waals surface area contributed by atoms with Gasteiger partial charge in [-0.1, -0.05) is 6.92 Å². The molecule has 2 amide bonds. The summed E-state index contributed by atoms with van der Waals surface area (Å²) in [5.41, 5.74) is 0. The van der Waals surface area contributed by atoms with Gasteiger partial charge >= 0.3 is 18.0 Å². The van der Waals surface area contributed by atoms with Crippen LogP contribution in [0.4, 0.5) is 4.79 Å². The number of urea groups is 1. The molecule has 0 saturated carbocycles. The first-order chi connectivity index (χ1) is 8.87. The summed E-state index contributed by atoms with van der Waals surface area (Å²) in [6.07, 6.45) is 0. The lowest BCUT2D eigenvalue weighted by atomic mass is 10.2. The predicted octanol–water partition coefficient (Wildman–Crippen LogP) is 0.644. The summed E-state index contributed by atoms with van der Waals surface area (Å²) < 4.78 is 4.52. The minimum atomic E-state index is -0.956. The van der Waals surface area contributed by atoms with Gasteiger partial charge in [-0.2, -0.15) is 0 Å². The molecule has 0 aromatic rings. The number of carbonyl (C=O) groups excluding carboxylic acids is 2. The molecule has 1 N–H and O–H groups in total. The van der Waals surface area contributed by atoms with Crippen molar-refractivity contribution in [1.29, 1.82) is 0 Å². The summed E-state index contributed by atoms with van der Waals surface area (Å²) in [6, 6.07) is -0.358. The van der Waals surface area contributed by atoms with E-state index in [2.05, 4.69) is 4.74 Å². The highest BCUT2D eigenvalue weighted by Crippen LogP contribution is 2.05. The van der Waals surface area contributed by atoms with Crippen molar-refractivity contribution in [2.75, 3.05) is 33.3 Å². The maximum atomic E-state index is 12.2. The minimum absolute atomic E-state index is 0.113. The molecule has 0 bridgehead atoms. The quantitative estimate of drug-likeness (QED) is 0.688. The van der Waals surface area contributed by atoms with E-state index in [4.69, 9.17) is 5.11 Å². The number of ether oxygens (including phenoxy) is 1. The van der Waals surface area contributed by atoms with Gasteiger partial charge in [0.05, 0.1) is 13.0 Å². The van der Waals surface area contributed by atoms with E-state index >= 15 is 0 Å². The number of carbonyl (C=O) groups is 3. The van der Waals surface area contributed by atoms with Crippen molar-refractivity contribution in [1.82, 2.24) is 9.80 Å². The molecule has 1 atom stereocenters. The Bertz CT molecular complexity index is 332. The van der Waals surface area contributed by atoms with Crippen molar-refractivity contribution in [3.8, 4) is 0 Å². The second-order valence-corrected chi connectivity index (χ2v) is 4.15. The van der Waals surface area contributed by atoms with Gasteiger partial charge in [-0.15, -0.1) is 0 Å². The van der Waals surface area contributed by atoms with Crippen molar-refractivity contribution in [3.05, 3.63) is 0 Å². The van der Waals surface area contributed by atoms with Crippen LogP contribution in [0.25, 0.3) is 0 Å². The lowest BCUT2D eigenvalue weighted by molar-refractivity contribution is -0.142. The average Bonchev–Trinajstić information content (AvgIpc) is 2.40. The first-order valence-electron chi connectivity index (χ1n) is 6.20. The van der Waals surface area contributed by atoms with Crippen LogP contribution in [0, 0.1) is 5.92 Å². The Kier molecular flexibility index (Phi) is 7.55. The zero-order chi connectivity index (χ0) is 15.0. The first kappa shape index (κ1) is 17.2. The molecule has 0 rings (SSSR count). The van der Waals surface area contributed by atoms with Crippen LogP contribution in [0.2, 0.25) is 0 Å². The van der Waals surface area contributed by atoms with E-state index in [1.165, 1.54) is 23.8 Å². The summed E-state index contributed by atoms with van der Waals surface area (Å²) in [5, 5.41) is 8.86. The van der Waals surface area contributed by atoms with Gasteiger partial charge in [0.25, 0.3) is 0 Å². The number of amides is 2. The van der Waals surface area contributed by atoms with Crippen LogP contribution < -0.4 is 0 Å². The Morgan fingerprint density at radius 2 is 1.68 bits per heavy atom. The maximum absolute atomic E-state index is 12.2. The Hall–Kier alpha value is -1.79. The molecule has 0 aliphatic carbocycles. The maximum Gasteiger partial charge on any atom is 0.325 e. The lowest BCUT2D eigenvalue weighted by Crippen LogP contribution is -2.47. The van der Waals surface area contributed by atoms with Crippen molar-refractivity contribution in [2.24, 2.45) is 5.92 Å². The molecule has 0 aromatic carbocycles. The molecule has 0 aliphatic rings. The largest absolute Gasteiger partial charge is 0.481 e. The molecule has 0 aliphatic heterocycles. The van der Waals surface area contributed by atoms with Gasteiger partial charge in [0.1, 0.15) is 6.54 Å². The van der Waals surface area contributed by atoms with Gasteiger partial charge in [0, 0.05) is 19.6 Å². The number of nitrogens with zero attached hydrogens (tertiary/aromatic N) is 2. The molecule has 1 unspecified atom stereocenters. The molecule has 0 spiro atoms. The fraction of sp³-hybridized carbons (Fsp3) is 0.750. The van der Waals surface area contributed by atoms with Crippen molar-refractivity contribution in [2.45, 2.75) is 20.8 Å². The third-order valence-corrected chi connectivity index (χ3v) is 2.77. The first-order valence-corrected chi connectivity index (χ1v) is 6.20. The molecule has 7 nitrogen and oxygen atoms in total. The summed E-state index contributed by atoms with van der Waals surface area (Å²) in [7, 11) is 1.25. The summed E-state index contributed by atoms with van der Waals surface area (Å²) >= 11 is 0. The molecule has 0 saturated heterocycles. The van der Waals surface area contributed by atoms with Gasteiger partial charge < -0.3 is 19.6 Å². The molecule has 0 heterocycles. The number of methoxy groups -OCH3 is 1. The lowest BCUT2D eigenvalue weighted by Gasteiger charge is -2.29. The fourth-order valence-corrected chi connectivity index (χ4v) is 1.49. The molecule has 0 radical (unpaired) electrons. The Balaban J connectivity index is 4.70. The second kappa shape index (κ2) is 8.34. The summed E-state index contributed by atoms with van der Waals surface area (Å²) in [4.78, 5) is 36.9. The number of hydrogen-bond acceptors (Lipinski definition) is 4. The number of rotatable bonds is 7. The van der Waals surface area contributed by atoms with Gasteiger partial charge in [-0.05, 0) is 13.8 Å². The molecular formula is C12H22N2O5. The Labute approximate surface area is 113 Å². The van der Waals surface area contributed by atoms with E-state index in [0.717, 1.165) is 0 Å². The number of likely N-dealkylation sites (N-methyl/N-ethyl adjacent to an activating group) is 1. The molecular weight excluding hydrogens is 252 g/mol. The van der Waals surface area contributed by atoms with Crippen LogP contribution in [-0.4, -0.2) is 66.2 Å². The van der Waals surface area contributed by atoms with E-state index in [0.29, 0.717) is 13.1 Å². The highest BCUT2D eigenvalue weighted by molar-refractivity contribution is 5.81. The van der Waals surface area contributed by atoms with Gasteiger partial charge in [-0.25, -0.2) is 4.79 Å². The van der Waals surface area contributed by atoms with Crippen LogP contribution in [0.3, 0.4) is 0 Å². The SMILES string of the molecule is CCN(CC(=O)OC)C(=O)N(CC)CC(C)C(=O)O. The average molecular weight is 274 g/mol. The number of carboxylic acids is 1. The second-order valence-electron chi connectivity index (χ2n) is 4.15. The van der Waals surface area contributed by atoms with Crippen LogP contribution in [0.5, 0.6) is 0 Å². The summed E-state index contributed by atoms with van der Waals surface area (Å²) in [5.74, 6) is -2.11. The van der Waals surface area contributed by atoms with Crippen LogP contribution in [-0.2, 0) is 14.3 Å². The smallest absolute Gasteiger partial charge is 0.325 e. The van der Waals surface area contributed by atoms with Crippen molar-refractivity contribution >= 4 is 18.0 Å². The zero-order valence-corrected chi connectivity index (χ0v) is 11.9. The van der Waals surface area contributed by atoms with Crippen LogP contribution >= 0.6 is 0 Å². The fourth-order valence-electron chi connectivity index (χ4n) is 1.49. The normalized spacial score (nSPS) is 11.6. The standard InChI is InChI=1S/C12H22N2O5/c1-5-13(7-9(3)11(16)17)12(18)14(6-2)8-10(15)19-4/h9H,5-8H2,1-4H3,(H,16,17). The monoisotopic (exact) mass is 274 g/mol. The molecule has 0 aromatic heterocycles. The highest BCUT2D eigenvalue weighted by Gasteiger charge is 2.24. The van der Waals surface area contributed by atoms with Gasteiger partial charge in [0.15, 0.2) is 0 Å². The summed E-state index contributed by atoms with van der Waals surface area (Å²) in [6.45, 7) is 5.76. The number of hydrogen-bond donors (Lipinski definition) is 1. The van der Waals surface area contributed by atoms with Gasteiger partial charge in [-0.3, -0.25) is 9.59 Å². The molecule has 7 heteroatoms. The third kappa shape index (κ3) is 5.58. The van der Waals surface area contributed by atoms with E-state index in [1.807, 2.05) is 0 Å². The van der Waals surface area contributed by atoms with Crippen molar-refractivity contribution < 1.29 is 24.2 Å². The number of carboxylic acid groups (broad SMARTS) is 1. The molecule has 0 fully saturated rings.